The van der Waals surface area contributed by atoms with Gasteiger partial charge in [-0.25, -0.2) is 0 Å². The summed E-state index contributed by atoms with van der Waals surface area (Å²) in [6, 6.07) is 6.20. The summed E-state index contributed by atoms with van der Waals surface area (Å²) in [6.07, 6.45) is -1.36. The lowest BCUT2D eigenvalue weighted by Crippen LogP contribution is -2.36. The molecule has 2 rings (SSSR count). The summed E-state index contributed by atoms with van der Waals surface area (Å²) in [7, 11) is -3.95. The lowest BCUT2D eigenvalue weighted by atomic mass is 9.85. The molecular weight excluding hydrogens is 296 g/mol. The summed E-state index contributed by atoms with van der Waals surface area (Å²) in [5, 5.41) is 18.7. The van der Waals surface area contributed by atoms with Crippen LogP contribution in [0.15, 0.2) is 29.2 Å². The Balaban J connectivity index is 2.12. The van der Waals surface area contributed by atoms with Crippen molar-refractivity contribution in [3.05, 3.63) is 29.8 Å². The van der Waals surface area contributed by atoms with E-state index in [9.17, 15) is 18.3 Å². The first-order chi connectivity index (χ1) is 9.78. The third-order valence-corrected chi connectivity index (χ3v) is 4.94. The monoisotopic (exact) mass is 314 g/mol. The van der Waals surface area contributed by atoms with Gasteiger partial charge >= 0.3 is 5.97 Å². The second-order valence-electron chi connectivity index (χ2n) is 5.38. The molecule has 0 spiro atoms. The molecule has 1 aromatic rings. The van der Waals surface area contributed by atoms with Gasteiger partial charge in [0, 0.05) is 6.42 Å². The Morgan fingerprint density at radius 3 is 2.38 bits per heavy atom. The second-order valence-corrected chi connectivity index (χ2v) is 6.95. The second kappa shape index (κ2) is 6.13. The zero-order valence-electron chi connectivity index (χ0n) is 11.6. The standard InChI is InChI=1S/C14H18O6S/c1-9-2-4-13(5-3-9)21(18,19)20-12-7-10(14(16)17)6-11(15)8-12/h2-5,10-12,15H,6-8H2,1H3,(H,16,17)/t10-,11-,12-/m1/s1. The predicted molar refractivity (Wildman–Crippen MR) is 74.2 cm³/mol. The fraction of sp³-hybridized carbons (Fsp3) is 0.500. The molecule has 0 aliphatic heterocycles. The summed E-state index contributed by atoms with van der Waals surface area (Å²) < 4.78 is 29.4. The number of hydrogen-bond acceptors (Lipinski definition) is 5. The van der Waals surface area contributed by atoms with Crippen LogP contribution in [0.4, 0.5) is 0 Å². The Hall–Kier alpha value is -1.44. The first kappa shape index (κ1) is 15.9. The van der Waals surface area contributed by atoms with Crippen LogP contribution in [-0.2, 0) is 19.1 Å². The number of carbonyl (C=O) groups is 1. The molecule has 1 aliphatic carbocycles. The molecule has 1 fully saturated rings. The molecule has 1 aromatic carbocycles. The van der Waals surface area contributed by atoms with Crippen molar-refractivity contribution in [1.82, 2.24) is 0 Å². The van der Waals surface area contributed by atoms with Gasteiger partial charge in [-0.15, -0.1) is 0 Å². The first-order valence-electron chi connectivity index (χ1n) is 6.69. The van der Waals surface area contributed by atoms with Crippen LogP contribution < -0.4 is 0 Å². The molecule has 0 heterocycles. The minimum atomic E-state index is -3.95. The topological polar surface area (TPSA) is 101 Å². The number of benzene rings is 1. The van der Waals surface area contributed by atoms with Crippen LogP contribution >= 0.6 is 0 Å². The van der Waals surface area contributed by atoms with Crippen molar-refractivity contribution in [3.63, 3.8) is 0 Å². The maximum absolute atomic E-state index is 12.1. The highest BCUT2D eigenvalue weighted by Gasteiger charge is 2.35. The van der Waals surface area contributed by atoms with Crippen LogP contribution in [0.25, 0.3) is 0 Å². The van der Waals surface area contributed by atoms with E-state index in [1.54, 1.807) is 12.1 Å². The predicted octanol–water partition coefficient (Wildman–Crippen LogP) is 1.31. The van der Waals surface area contributed by atoms with Crippen LogP contribution in [0, 0.1) is 12.8 Å². The van der Waals surface area contributed by atoms with Gasteiger partial charge in [-0.2, -0.15) is 8.42 Å². The fourth-order valence-corrected chi connectivity index (χ4v) is 3.55. The van der Waals surface area contributed by atoms with E-state index in [1.165, 1.54) is 12.1 Å². The lowest BCUT2D eigenvalue weighted by molar-refractivity contribution is -0.145. The third kappa shape index (κ3) is 4.03. The number of rotatable bonds is 4. The maximum atomic E-state index is 12.1. The van der Waals surface area contributed by atoms with Gasteiger partial charge < -0.3 is 10.2 Å². The maximum Gasteiger partial charge on any atom is 0.306 e. The van der Waals surface area contributed by atoms with Gasteiger partial charge in [-0.3, -0.25) is 8.98 Å². The van der Waals surface area contributed by atoms with Crippen molar-refractivity contribution in [2.24, 2.45) is 5.92 Å². The quantitative estimate of drug-likeness (QED) is 0.813. The minimum absolute atomic E-state index is 0.0278. The summed E-state index contributed by atoms with van der Waals surface area (Å²) in [6.45, 7) is 1.84. The van der Waals surface area contributed by atoms with Crippen molar-refractivity contribution in [3.8, 4) is 0 Å². The van der Waals surface area contributed by atoms with E-state index < -0.39 is 34.2 Å². The van der Waals surface area contributed by atoms with Gasteiger partial charge in [0.05, 0.1) is 23.0 Å². The van der Waals surface area contributed by atoms with E-state index in [4.69, 9.17) is 9.29 Å². The van der Waals surface area contributed by atoms with E-state index in [1.807, 2.05) is 6.92 Å². The van der Waals surface area contributed by atoms with E-state index in [-0.39, 0.29) is 24.2 Å². The van der Waals surface area contributed by atoms with Gasteiger partial charge in [-0.1, -0.05) is 17.7 Å². The summed E-state index contributed by atoms with van der Waals surface area (Å²) >= 11 is 0. The molecule has 21 heavy (non-hydrogen) atoms. The highest BCUT2D eigenvalue weighted by atomic mass is 32.2. The van der Waals surface area contributed by atoms with Crippen molar-refractivity contribution in [2.75, 3.05) is 0 Å². The normalized spacial score (nSPS) is 26.5. The Morgan fingerprint density at radius 2 is 1.81 bits per heavy atom. The molecular formula is C14H18O6S. The highest BCUT2D eigenvalue weighted by Crippen LogP contribution is 2.29. The molecule has 0 saturated heterocycles. The van der Waals surface area contributed by atoms with Gasteiger partial charge in [0.15, 0.2) is 0 Å². The van der Waals surface area contributed by atoms with Crippen LogP contribution in [0.2, 0.25) is 0 Å². The van der Waals surface area contributed by atoms with Crippen LogP contribution in [0.3, 0.4) is 0 Å². The summed E-state index contributed by atoms with van der Waals surface area (Å²) in [5.41, 5.74) is 0.924. The molecule has 0 radical (unpaired) electrons. The van der Waals surface area contributed by atoms with Crippen molar-refractivity contribution < 1.29 is 27.6 Å². The number of carboxylic acids is 1. The van der Waals surface area contributed by atoms with E-state index >= 15 is 0 Å². The van der Waals surface area contributed by atoms with Gasteiger partial charge in [0.2, 0.25) is 0 Å². The average Bonchev–Trinajstić information content (AvgIpc) is 2.37. The van der Waals surface area contributed by atoms with Crippen molar-refractivity contribution in [1.29, 1.82) is 0 Å². The average molecular weight is 314 g/mol. The zero-order valence-corrected chi connectivity index (χ0v) is 12.4. The summed E-state index contributed by atoms with van der Waals surface area (Å²) in [4.78, 5) is 11.0. The molecule has 116 valence electrons. The third-order valence-electron chi connectivity index (χ3n) is 3.56. The Morgan fingerprint density at radius 1 is 1.19 bits per heavy atom. The molecule has 1 saturated carbocycles. The Kier molecular flexibility index (Phi) is 4.65. The number of aliphatic carboxylic acids is 1. The number of aryl methyl sites for hydroxylation is 1. The molecule has 0 amide bonds. The zero-order chi connectivity index (χ0) is 15.6. The molecule has 6 nitrogen and oxygen atoms in total. The van der Waals surface area contributed by atoms with Gasteiger partial charge in [0.1, 0.15) is 0 Å². The molecule has 7 heteroatoms. The molecule has 2 N–H and O–H groups in total. The number of hydrogen-bond donors (Lipinski definition) is 2. The molecule has 1 aliphatic rings. The van der Waals surface area contributed by atoms with Crippen molar-refractivity contribution >= 4 is 16.1 Å². The van der Waals surface area contributed by atoms with E-state index in [0.717, 1.165) is 5.56 Å². The largest absolute Gasteiger partial charge is 0.481 e. The van der Waals surface area contributed by atoms with E-state index in [2.05, 4.69) is 0 Å². The Labute approximate surface area is 123 Å². The number of aliphatic hydroxyl groups excluding tert-OH is 1. The number of carboxylic acid groups (broad SMARTS) is 1. The first-order valence-corrected chi connectivity index (χ1v) is 8.09. The smallest absolute Gasteiger partial charge is 0.306 e. The number of aliphatic hydroxyl groups is 1. The van der Waals surface area contributed by atoms with Crippen molar-refractivity contribution in [2.45, 2.75) is 43.3 Å². The van der Waals surface area contributed by atoms with E-state index in [0.29, 0.717) is 0 Å². The molecule has 3 atom stereocenters. The summed E-state index contributed by atoms with van der Waals surface area (Å²) in [5.74, 6) is -1.83. The SMILES string of the molecule is Cc1ccc(S(=O)(=O)O[C@H]2C[C@H](O)C[C@@H](C(=O)O)C2)cc1. The van der Waals surface area contributed by atoms with Gasteiger partial charge in [-0.05, 0) is 31.9 Å². The molecule has 0 aromatic heterocycles. The van der Waals surface area contributed by atoms with Gasteiger partial charge in [0.25, 0.3) is 10.1 Å². The lowest BCUT2D eigenvalue weighted by Gasteiger charge is -2.29. The van der Waals surface area contributed by atoms with Crippen LogP contribution in [0.1, 0.15) is 24.8 Å². The van der Waals surface area contributed by atoms with Crippen LogP contribution in [0.5, 0.6) is 0 Å². The minimum Gasteiger partial charge on any atom is -0.481 e. The fourth-order valence-electron chi connectivity index (χ4n) is 2.46. The highest BCUT2D eigenvalue weighted by molar-refractivity contribution is 7.86. The Bertz CT molecular complexity index is 607. The molecule has 0 unspecified atom stereocenters. The molecule has 0 bridgehead atoms. The van der Waals surface area contributed by atoms with Crippen LogP contribution in [-0.4, -0.2) is 36.8 Å².